The molecule has 0 aromatic heterocycles. The van der Waals surface area contributed by atoms with Crippen LogP contribution in [0.15, 0.2) is 0 Å². The van der Waals surface area contributed by atoms with Crippen molar-refractivity contribution in [1.29, 1.82) is 0 Å². The van der Waals surface area contributed by atoms with Crippen LogP contribution in [0.5, 0.6) is 0 Å². The van der Waals surface area contributed by atoms with Crippen molar-refractivity contribution in [2.24, 2.45) is 0 Å². The van der Waals surface area contributed by atoms with Crippen LogP contribution in [-0.2, 0) is 28.7 Å². The van der Waals surface area contributed by atoms with E-state index in [0.29, 0.717) is 6.61 Å². The third kappa shape index (κ3) is 31.6. The Balaban J connectivity index is 4.12. The molecule has 8 heteroatoms. The Hall–Kier alpha value is -2.12. The maximum atomic E-state index is 12.7. The number of nitrogens with one attached hydrogen (secondary N) is 1. The molecule has 0 aromatic carbocycles. The molecule has 0 saturated carbocycles. The maximum Gasteiger partial charge on any atom is 0.328 e. The molecule has 0 bridgehead atoms. The minimum atomic E-state index is -1.09. The normalized spacial score (nSPS) is 11.7. The monoisotopic (exact) mass is 640 g/mol. The van der Waals surface area contributed by atoms with E-state index < -0.39 is 29.9 Å². The van der Waals surface area contributed by atoms with E-state index in [9.17, 15) is 19.2 Å². The lowest BCUT2D eigenvalue weighted by atomic mass is 10.1. The number of unbranched alkanes of at least 4 members (excludes halogenated alkanes) is 22. The van der Waals surface area contributed by atoms with E-state index in [2.05, 4.69) is 19.2 Å². The first kappa shape index (κ1) is 42.9. The number of carboxylic acid groups (broad SMARTS) is 1. The number of amides is 1. The first-order chi connectivity index (χ1) is 21.9. The fourth-order valence-corrected chi connectivity index (χ4v) is 5.42. The van der Waals surface area contributed by atoms with Crippen molar-refractivity contribution in [2.45, 2.75) is 200 Å². The third-order valence-corrected chi connectivity index (χ3v) is 8.33. The molecular formula is C37H69NO7. The van der Waals surface area contributed by atoms with Crippen LogP contribution in [0.25, 0.3) is 0 Å². The molecule has 1 unspecified atom stereocenters. The highest BCUT2D eigenvalue weighted by Crippen LogP contribution is 2.14. The van der Waals surface area contributed by atoms with Gasteiger partial charge in [0.15, 0.2) is 0 Å². The molecule has 2 N–H and O–H groups in total. The predicted molar refractivity (Wildman–Crippen MR) is 182 cm³/mol. The smallest absolute Gasteiger partial charge is 0.328 e. The van der Waals surface area contributed by atoms with Gasteiger partial charge in [-0.2, -0.15) is 0 Å². The van der Waals surface area contributed by atoms with Gasteiger partial charge in [-0.25, -0.2) is 4.79 Å². The molecule has 0 radical (unpaired) electrons. The third-order valence-electron chi connectivity index (χ3n) is 8.33. The molecule has 1 amide bonds. The lowest BCUT2D eigenvalue weighted by molar-refractivity contribution is -0.149. The molecule has 0 aliphatic carbocycles. The maximum absolute atomic E-state index is 12.7. The van der Waals surface area contributed by atoms with E-state index in [1.54, 1.807) is 0 Å². The summed E-state index contributed by atoms with van der Waals surface area (Å²) < 4.78 is 10.8. The zero-order valence-corrected chi connectivity index (χ0v) is 29.2. The molecule has 0 aliphatic heterocycles. The Morgan fingerprint density at radius 2 is 0.889 bits per heavy atom. The van der Waals surface area contributed by atoms with Crippen molar-refractivity contribution in [3.63, 3.8) is 0 Å². The molecule has 1 atom stereocenters. The second kappa shape index (κ2) is 33.2. The fourth-order valence-electron chi connectivity index (χ4n) is 5.42. The number of carboxylic acids is 1. The van der Waals surface area contributed by atoms with Crippen LogP contribution in [0.1, 0.15) is 194 Å². The van der Waals surface area contributed by atoms with Crippen LogP contribution in [0, 0.1) is 0 Å². The number of ether oxygens (including phenoxy) is 2. The average molecular weight is 640 g/mol. The molecule has 0 rings (SSSR count). The lowest BCUT2D eigenvalue weighted by Gasteiger charge is -2.17. The van der Waals surface area contributed by atoms with Crippen molar-refractivity contribution in [3.05, 3.63) is 0 Å². The van der Waals surface area contributed by atoms with Crippen LogP contribution in [0.3, 0.4) is 0 Å². The van der Waals surface area contributed by atoms with Gasteiger partial charge in [0.1, 0.15) is 6.04 Å². The first-order valence-electron chi connectivity index (χ1n) is 18.7. The minimum absolute atomic E-state index is 0.0180. The largest absolute Gasteiger partial charge is 0.481 e. The molecule has 264 valence electrons. The van der Waals surface area contributed by atoms with Gasteiger partial charge in [-0.15, -0.1) is 0 Å². The summed E-state index contributed by atoms with van der Waals surface area (Å²) in [5.74, 6) is -2.63. The van der Waals surface area contributed by atoms with Crippen LogP contribution >= 0.6 is 0 Å². The summed E-state index contributed by atoms with van der Waals surface area (Å²) >= 11 is 0. The number of esters is 2. The molecule has 0 saturated heterocycles. The van der Waals surface area contributed by atoms with Crippen molar-refractivity contribution in [3.8, 4) is 0 Å². The highest BCUT2D eigenvalue weighted by Gasteiger charge is 2.24. The van der Waals surface area contributed by atoms with Gasteiger partial charge in [0.05, 0.1) is 19.6 Å². The predicted octanol–water partition coefficient (Wildman–Crippen LogP) is 9.60. The number of carbonyl (C=O) groups is 4. The van der Waals surface area contributed by atoms with Gasteiger partial charge in [0.25, 0.3) is 0 Å². The Kier molecular flexibility index (Phi) is 31.7. The molecule has 0 heterocycles. The fraction of sp³-hybridized carbons (Fsp3) is 0.892. The number of carbonyl (C=O) groups excluding carboxylic acids is 3. The molecule has 45 heavy (non-hydrogen) atoms. The molecular weight excluding hydrogens is 570 g/mol. The van der Waals surface area contributed by atoms with Crippen molar-refractivity contribution in [1.82, 2.24) is 5.32 Å². The van der Waals surface area contributed by atoms with E-state index in [0.717, 1.165) is 38.5 Å². The van der Waals surface area contributed by atoms with Gasteiger partial charge in [0.2, 0.25) is 5.91 Å². The van der Waals surface area contributed by atoms with Gasteiger partial charge in [-0.05, 0) is 19.3 Å². The lowest BCUT2D eigenvalue weighted by Crippen LogP contribution is -2.42. The summed E-state index contributed by atoms with van der Waals surface area (Å²) in [6.07, 6.45) is 28.8. The standard InChI is InChI=1S/C37H69NO7/c1-3-5-7-9-11-13-15-17-19-21-23-25-31-44-36(42)30-27-33(38-34(39)28-29-35(40)41)37(43)45-32-26-24-22-20-18-16-14-12-10-8-6-4-2/h33H,3-32H2,1-2H3,(H,38,39)(H,40,41). The highest BCUT2D eigenvalue weighted by atomic mass is 16.5. The summed E-state index contributed by atoms with van der Waals surface area (Å²) in [7, 11) is 0. The number of aliphatic carboxylic acids is 1. The summed E-state index contributed by atoms with van der Waals surface area (Å²) in [6, 6.07) is -0.997. The van der Waals surface area contributed by atoms with Crippen LogP contribution < -0.4 is 5.32 Å². The SMILES string of the molecule is CCCCCCCCCCCCCCOC(=O)CCC(NC(=O)CCC(=O)O)C(=O)OCCCCCCCCCCCCCC. The Morgan fingerprint density at radius 3 is 1.29 bits per heavy atom. The zero-order valence-electron chi connectivity index (χ0n) is 29.2. The molecule has 0 fully saturated rings. The van der Waals surface area contributed by atoms with Crippen molar-refractivity contribution < 1.29 is 33.8 Å². The van der Waals surface area contributed by atoms with Gasteiger partial charge in [-0.1, -0.05) is 155 Å². The Labute approximate surface area is 275 Å². The molecule has 8 nitrogen and oxygen atoms in total. The zero-order chi connectivity index (χ0) is 33.2. The van der Waals surface area contributed by atoms with Crippen LogP contribution in [0.2, 0.25) is 0 Å². The molecule has 0 aliphatic rings. The van der Waals surface area contributed by atoms with Crippen molar-refractivity contribution in [2.75, 3.05) is 13.2 Å². The van der Waals surface area contributed by atoms with Gasteiger partial charge >= 0.3 is 17.9 Å². The van der Waals surface area contributed by atoms with Gasteiger partial charge in [0, 0.05) is 12.8 Å². The molecule has 0 aromatic rings. The topological polar surface area (TPSA) is 119 Å². The second-order valence-electron chi connectivity index (χ2n) is 12.7. The van der Waals surface area contributed by atoms with E-state index in [4.69, 9.17) is 14.6 Å². The Morgan fingerprint density at radius 1 is 0.511 bits per heavy atom. The average Bonchev–Trinajstić information content (AvgIpc) is 3.02. The second-order valence-corrected chi connectivity index (χ2v) is 12.7. The van der Waals surface area contributed by atoms with Crippen molar-refractivity contribution >= 4 is 23.8 Å². The van der Waals surface area contributed by atoms with E-state index >= 15 is 0 Å². The summed E-state index contributed by atoms with van der Waals surface area (Å²) in [6.45, 7) is 5.10. The van der Waals surface area contributed by atoms with E-state index in [1.807, 2.05) is 0 Å². The minimum Gasteiger partial charge on any atom is -0.481 e. The van der Waals surface area contributed by atoms with E-state index in [1.165, 1.54) is 116 Å². The van der Waals surface area contributed by atoms with E-state index in [-0.39, 0.29) is 32.3 Å². The number of rotatable bonds is 34. The summed E-state index contributed by atoms with van der Waals surface area (Å²) in [5.41, 5.74) is 0. The highest BCUT2D eigenvalue weighted by molar-refractivity contribution is 5.86. The van der Waals surface area contributed by atoms with Crippen LogP contribution in [-0.4, -0.2) is 48.2 Å². The first-order valence-corrected chi connectivity index (χ1v) is 18.7. The Bertz CT molecular complexity index is 728. The summed E-state index contributed by atoms with van der Waals surface area (Å²) in [5, 5.41) is 11.4. The quantitative estimate of drug-likeness (QED) is 0.0531. The summed E-state index contributed by atoms with van der Waals surface area (Å²) in [4.78, 5) is 48.0. The van der Waals surface area contributed by atoms with Gasteiger partial charge < -0.3 is 19.9 Å². The van der Waals surface area contributed by atoms with Gasteiger partial charge in [-0.3, -0.25) is 14.4 Å². The van der Waals surface area contributed by atoms with Crippen LogP contribution in [0.4, 0.5) is 0 Å². The molecule has 0 spiro atoms. The number of hydrogen-bond donors (Lipinski definition) is 2. The number of hydrogen-bond acceptors (Lipinski definition) is 6.